The third-order valence-electron chi connectivity index (χ3n) is 2.80. The molecule has 3 nitrogen and oxygen atoms in total. The molecular weight excluding hydrogens is 279 g/mol. The predicted molar refractivity (Wildman–Crippen MR) is 74.6 cm³/mol. The highest BCUT2D eigenvalue weighted by Gasteiger charge is 2.17. The summed E-state index contributed by atoms with van der Waals surface area (Å²) in [6, 6.07) is 7.71. The molecule has 0 saturated heterocycles. The van der Waals surface area contributed by atoms with Crippen molar-refractivity contribution in [2.24, 2.45) is 0 Å². The van der Waals surface area contributed by atoms with Gasteiger partial charge in [0.1, 0.15) is 5.82 Å². The van der Waals surface area contributed by atoms with Crippen LogP contribution in [0, 0.1) is 12.7 Å². The van der Waals surface area contributed by atoms with E-state index >= 15 is 0 Å². The summed E-state index contributed by atoms with van der Waals surface area (Å²) in [7, 11) is 1.31. The number of hydrogen-bond donors (Lipinski definition) is 0. The van der Waals surface area contributed by atoms with Crippen LogP contribution in [0.1, 0.15) is 25.7 Å². The number of ketones is 1. The minimum atomic E-state index is -0.538. The third-order valence-corrected chi connectivity index (χ3v) is 3.88. The molecule has 0 radical (unpaired) electrons. The van der Waals surface area contributed by atoms with Gasteiger partial charge in [-0.15, -0.1) is 11.3 Å². The summed E-state index contributed by atoms with van der Waals surface area (Å²) in [5.41, 5.74) is 0.873. The molecule has 1 aromatic heterocycles. The number of ether oxygens (including phenoxy) is 1. The lowest BCUT2D eigenvalue weighted by molar-refractivity contribution is -0.139. The summed E-state index contributed by atoms with van der Waals surface area (Å²) >= 11 is 1.18. The van der Waals surface area contributed by atoms with Gasteiger partial charge >= 0.3 is 5.97 Å². The predicted octanol–water partition coefficient (Wildman–Crippen LogP) is 3.14. The molecule has 0 unspecified atom stereocenters. The zero-order valence-corrected chi connectivity index (χ0v) is 11.9. The lowest BCUT2D eigenvalue weighted by atomic mass is 10.1. The van der Waals surface area contributed by atoms with Crippen LogP contribution in [0.15, 0.2) is 30.3 Å². The van der Waals surface area contributed by atoms with E-state index in [1.54, 1.807) is 25.1 Å². The Bertz CT molecular complexity index is 661. The van der Waals surface area contributed by atoms with Crippen molar-refractivity contribution in [2.75, 3.05) is 7.11 Å². The first-order chi connectivity index (χ1) is 9.51. The maximum Gasteiger partial charge on any atom is 0.310 e. The van der Waals surface area contributed by atoms with Crippen LogP contribution < -0.4 is 0 Å². The highest BCUT2D eigenvalue weighted by molar-refractivity contribution is 7.14. The molecule has 0 atom stereocenters. The Morgan fingerprint density at radius 2 is 2.00 bits per heavy atom. The third kappa shape index (κ3) is 3.11. The summed E-state index contributed by atoms with van der Waals surface area (Å²) in [5.74, 6) is -1.27. The number of hydrogen-bond acceptors (Lipinski definition) is 4. The Morgan fingerprint density at radius 1 is 1.25 bits per heavy atom. The topological polar surface area (TPSA) is 43.4 Å². The van der Waals surface area contributed by atoms with Gasteiger partial charge in [0.25, 0.3) is 0 Å². The van der Waals surface area contributed by atoms with Crippen LogP contribution in [0.3, 0.4) is 0 Å². The number of esters is 1. The van der Waals surface area contributed by atoms with Gasteiger partial charge in [0.2, 0.25) is 5.78 Å². The quantitative estimate of drug-likeness (QED) is 0.642. The van der Waals surface area contributed by atoms with Crippen molar-refractivity contribution in [3.63, 3.8) is 0 Å². The second-order valence-corrected chi connectivity index (χ2v) is 5.50. The van der Waals surface area contributed by atoms with E-state index in [-0.39, 0.29) is 23.7 Å². The fourth-order valence-electron chi connectivity index (χ4n) is 1.76. The molecule has 0 bridgehead atoms. The van der Waals surface area contributed by atoms with Gasteiger partial charge in [-0.2, -0.15) is 0 Å². The number of methoxy groups -OCH3 is 1. The van der Waals surface area contributed by atoms with Crippen molar-refractivity contribution < 1.29 is 18.7 Å². The minimum Gasteiger partial charge on any atom is -0.469 e. The monoisotopic (exact) mass is 292 g/mol. The fraction of sp³-hybridized carbons (Fsp3) is 0.200. The summed E-state index contributed by atoms with van der Waals surface area (Å²) in [4.78, 5) is 24.5. The Morgan fingerprint density at radius 3 is 2.70 bits per heavy atom. The first-order valence-electron chi connectivity index (χ1n) is 5.97. The van der Waals surface area contributed by atoms with Crippen LogP contribution in [0.5, 0.6) is 0 Å². The summed E-state index contributed by atoms with van der Waals surface area (Å²) in [6.45, 7) is 1.80. The Balaban J connectivity index is 2.25. The number of carbonyl (C=O) groups is 2. The van der Waals surface area contributed by atoms with Gasteiger partial charge in [0, 0.05) is 4.88 Å². The summed E-state index contributed by atoms with van der Waals surface area (Å²) in [6.07, 6.45) is 0.116. The molecule has 5 heteroatoms. The fourth-order valence-corrected chi connectivity index (χ4v) is 2.70. The van der Waals surface area contributed by atoms with Crippen LogP contribution in [0.25, 0.3) is 0 Å². The number of thiophene rings is 1. The first-order valence-corrected chi connectivity index (χ1v) is 6.79. The number of carbonyl (C=O) groups excluding carboxylic acids is 2. The second kappa shape index (κ2) is 5.96. The van der Waals surface area contributed by atoms with E-state index in [0.29, 0.717) is 9.75 Å². The molecule has 0 spiro atoms. The highest BCUT2D eigenvalue weighted by Crippen LogP contribution is 2.22. The van der Waals surface area contributed by atoms with E-state index in [9.17, 15) is 14.0 Å². The molecule has 0 amide bonds. The van der Waals surface area contributed by atoms with Crippen LogP contribution in [-0.2, 0) is 16.0 Å². The van der Waals surface area contributed by atoms with Gasteiger partial charge in [-0.25, -0.2) is 4.39 Å². The summed E-state index contributed by atoms with van der Waals surface area (Å²) in [5, 5.41) is 0. The molecule has 104 valence electrons. The smallest absolute Gasteiger partial charge is 0.310 e. The second-order valence-electron chi connectivity index (χ2n) is 4.33. The molecule has 0 aliphatic heterocycles. The largest absolute Gasteiger partial charge is 0.469 e. The van der Waals surface area contributed by atoms with Gasteiger partial charge in [0.15, 0.2) is 0 Å². The molecule has 0 N–H and O–H groups in total. The van der Waals surface area contributed by atoms with Gasteiger partial charge in [0.05, 0.1) is 24.0 Å². The highest BCUT2D eigenvalue weighted by atomic mass is 32.1. The van der Waals surface area contributed by atoms with Gasteiger partial charge in [-0.1, -0.05) is 11.6 Å². The van der Waals surface area contributed by atoms with Crippen molar-refractivity contribution in [3.05, 3.63) is 57.0 Å². The molecule has 2 aromatic rings. The summed E-state index contributed by atoms with van der Waals surface area (Å²) < 4.78 is 18.3. The molecule has 2 rings (SSSR count). The molecule has 0 aliphatic carbocycles. The molecule has 0 aliphatic rings. The molecule has 1 aromatic carbocycles. The van der Waals surface area contributed by atoms with E-state index in [4.69, 9.17) is 0 Å². The van der Waals surface area contributed by atoms with Crippen molar-refractivity contribution in [1.29, 1.82) is 0 Å². The lowest BCUT2D eigenvalue weighted by Gasteiger charge is -2.02. The van der Waals surface area contributed by atoms with Gasteiger partial charge in [-0.05, 0) is 31.2 Å². The van der Waals surface area contributed by atoms with Crippen molar-refractivity contribution in [2.45, 2.75) is 13.3 Å². The van der Waals surface area contributed by atoms with Crippen LogP contribution in [0.2, 0.25) is 0 Å². The lowest BCUT2D eigenvalue weighted by Crippen LogP contribution is -2.03. The van der Waals surface area contributed by atoms with E-state index in [2.05, 4.69) is 4.74 Å². The van der Waals surface area contributed by atoms with Crippen molar-refractivity contribution in [1.82, 2.24) is 0 Å². The minimum absolute atomic E-state index is 0.0523. The van der Waals surface area contributed by atoms with Gasteiger partial charge in [-0.3, -0.25) is 9.59 Å². The SMILES string of the molecule is COC(=O)Cc1ccc(C(=O)c2cc(C)ccc2F)s1. The van der Waals surface area contributed by atoms with Crippen LogP contribution in [0.4, 0.5) is 4.39 Å². The maximum absolute atomic E-state index is 13.7. The average molecular weight is 292 g/mol. The zero-order chi connectivity index (χ0) is 14.7. The van der Waals surface area contributed by atoms with Crippen LogP contribution in [-0.4, -0.2) is 18.9 Å². The number of aryl methyl sites for hydroxylation is 1. The van der Waals surface area contributed by atoms with E-state index < -0.39 is 5.82 Å². The van der Waals surface area contributed by atoms with E-state index in [0.717, 1.165) is 5.56 Å². The zero-order valence-electron chi connectivity index (χ0n) is 11.1. The number of benzene rings is 1. The Labute approximate surface area is 120 Å². The molecule has 20 heavy (non-hydrogen) atoms. The normalized spacial score (nSPS) is 10.3. The van der Waals surface area contributed by atoms with Crippen molar-refractivity contribution >= 4 is 23.1 Å². The molecule has 0 saturated carbocycles. The maximum atomic E-state index is 13.7. The average Bonchev–Trinajstić information content (AvgIpc) is 2.89. The molecule has 1 heterocycles. The number of rotatable bonds is 4. The van der Waals surface area contributed by atoms with Gasteiger partial charge < -0.3 is 4.74 Å². The van der Waals surface area contributed by atoms with Crippen molar-refractivity contribution in [3.8, 4) is 0 Å². The molecule has 0 fully saturated rings. The Hall–Kier alpha value is -2.01. The number of halogens is 1. The standard InChI is InChI=1S/C15H13FO3S/c1-9-3-5-12(16)11(7-9)15(18)13-6-4-10(20-13)8-14(17)19-2/h3-7H,8H2,1-2H3. The van der Waals surface area contributed by atoms with E-state index in [1.807, 2.05) is 0 Å². The van der Waals surface area contributed by atoms with Crippen LogP contribution >= 0.6 is 11.3 Å². The molecular formula is C15H13FO3S. The van der Waals surface area contributed by atoms with E-state index in [1.165, 1.54) is 30.6 Å². The first kappa shape index (κ1) is 14.4. The Kier molecular flexibility index (Phi) is 4.29.